The van der Waals surface area contributed by atoms with E-state index in [0.717, 1.165) is 0 Å². The Labute approximate surface area is 104 Å². The normalized spacial score (nSPS) is 15.4. The van der Waals surface area contributed by atoms with Crippen LogP contribution in [-0.4, -0.2) is 41.8 Å². The van der Waals surface area contributed by atoms with Crippen LogP contribution in [0.5, 0.6) is 0 Å². The monoisotopic (exact) mass is 245 g/mol. The van der Waals surface area contributed by atoms with Gasteiger partial charge in [0.1, 0.15) is 0 Å². The number of hydrogen-bond donors (Lipinski definition) is 4. The maximum absolute atomic E-state index is 11.7. The molecule has 0 aliphatic rings. The smallest absolute Gasteiger partial charge is 0.222 e. The van der Waals surface area contributed by atoms with Gasteiger partial charge in [0, 0.05) is 37.2 Å². The number of hydrogen-bond acceptors (Lipinski definition) is 4. The topological polar surface area (TPSA) is 87.4 Å². The SMILES string of the molecule is CC(CCO)NC(CN)CC(=O)NC(C)(C)C. The molecule has 0 fully saturated rings. The first-order valence-corrected chi connectivity index (χ1v) is 6.16. The molecule has 0 spiro atoms. The van der Waals surface area contributed by atoms with Crippen LogP contribution < -0.4 is 16.4 Å². The first-order chi connectivity index (χ1) is 7.78. The van der Waals surface area contributed by atoms with Gasteiger partial charge in [0.05, 0.1) is 0 Å². The number of rotatable bonds is 7. The van der Waals surface area contributed by atoms with E-state index in [9.17, 15) is 4.79 Å². The Hall–Kier alpha value is -0.650. The minimum Gasteiger partial charge on any atom is -0.396 e. The van der Waals surface area contributed by atoms with Crippen molar-refractivity contribution >= 4 is 5.91 Å². The van der Waals surface area contributed by atoms with Crippen molar-refractivity contribution in [2.45, 2.75) is 58.2 Å². The predicted octanol–water partition coefficient (Wildman–Crippen LogP) is -0.0210. The third kappa shape index (κ3) is 9.09. The number of amides is 1. The Bertz CT molecular complexity index is 226. The van der Waals surface area contributed by atoms with E-state index in [1.807, 2.05) is 27.7 Å². The van der Waals surface area contributed by atoms with Crippen LogP contribution in [0.2, 0.25) is 0 Å². The highest BCUT2D eigenvalue weighted by Crippen LogP contribution is 2.02. The zero-order valence-corrected chi connectivity index (χ0v) is 11.4. The molecule has 17 heavy (non-hydrogen) atoms. The lowest BCUT2D eigenvalue weighted by Gasteiger charge is -2.25. The predicted molar refractivity (Wildman–Crippen MR) is 69.7 cm³/mol. The maximum Gasteiger partial charge on any atom is 0.222 e. The van der Waals surface area contributed by atoms with Gasteiger partial charge in [0.15, 0.2) is 0 Å². The number of nitrogens with one attached hydrogen (secondary N) is 2. The average molecular weight is 245 g/mol. The van der Waals surface area contributed by atoms with Gasteiger partial charge in [0.2, 0.25) is 5.91 Å². The summed E-state index contributed by atoms with van der Waals surface area (Å²) in [6, 6.07) is 0.120. The molecule has 5 nitrogen and oxygen atoms in total. The average Bonchev–Trinajstić information content (AvgIpc) is 2.13. The first kappa shape index (κ1) is 16.4. The molecule has 1 amide bonds. The largest absolute Gasteiger partial charge is 0.396 e. The van der Waals surface area contributed by atoms with Crippen LogP contribution in [0.1, 0.15) is 40.5 Å². The molecule has 0 aromatic rings. The van der Waals surface area contributed by atoms with Crippen LogP contribution in [0.25, 0.3) is 0 Å². The molecule has 5 heteroatoms. The maximum atomic E-state index is 11.7. The van der Waals surface area contributed by atoms with E-state index in [1.165, 1.54) is 0 Å². The van der Waals surface area contributed by atoms with Crippen molar-refractivity contribution in [2.24, 2.45) is 5.73 Å². The summed E-state index contributed by atoms with van der Waals surface area (Å²) in [4.78, 5) is 11.7. The first-order valence-electron chi connectivity index (χ1n) is 6.16. The summed E-state index contributed by atoms with van der Waals surface area (Å²) in [6.45, 7) is 8.37. The summed E-state index contributed by atoms with van der Waals surface area (Å²) in [7, 11) is 0. The molecule has 0 aromatic heterocycles. The van der Waals surface area contributed by atoms with Gasteiger partial charge in [0.25, 0.3) is 0 Å². The number of carbonyl (C=O) groups is 1. The van der Waals surface area contributed by atoms with Gasteiger partial charge in [-0.3, -0.25) is 4.79 Å². The number of aliphatic hydroxyl groups is 1. The third-order valence-electron chi connectivity index (χ3n) is 2.31. The number of aliphatic hydroxyl groups excluding tert-OH is 1. The minimum atomic E-state index is -0.215. The Morgan fingerprint density at radius 3 is 2.41 bits per heavy atom. The van der Waals surface area contributed by atoms with Crippen LogP contribution in [0.15, 0.2) is 0 Å². The van der Waals surface area contributed by atoms with E-state index in [2.05, 4.69) is 10.6 Å². The molecule has 0 aliphatic heterocycles. The zero-order valence-electron chi connectivity index (χ0n) is 11.4. The Kier molecular flexibility index (Phi) is 7.34. The summed E-state index contributed by atoms with van der Waals surface area (Å²) >= 11 is 0. The molecule has 0 bridgehead atoms. The quantitative estimate of drug-likeness (QED) is 0.507. The van der Waals surface area contributed by atoms with Gasteiger partial charge < -0.3 is 21.5 Å². The van der Waals surface area contributed by atoms with Crippen molar-refractivity contribution in [1.82, 2.24) is 10.6 Å². The van der Waals surface area contributed by atoms with E-state index < -0.39 is 0 Å². The lowest BCUT2D eigenvalue weighted by Crippen LogP contribution is -2.48. The highest BCUT2D eigenvalue weighted by Gasteiger charge is 2.18. The second-order valence-electron chi connectivity index (χ2n) is 5.51. The second-order valence-corrected chi connectivity index (χ2v) is 5.51. The molecule has 0 saturated heterocycles. The van der Waals surface area contributed by atoms with Gasteiger partial charge >= 0.3 is 0 Å². The van der Waals surface area contributed by atoms with Gasteiger partial charge in [-0.1, -0.05) is 0 Å². The van der Waals surface area contributed by atoms with Crippen molar-refractivity contribution in [1.29, 1.82) is 0 Å². The molecular formula is C12H27N3O2. The van der Waals surface area contributed by atoms with Crippen LogP contribution in [0.4, 0.5) is 0 Å². The van der Waals surface area contributed by atoms with Crippen LogP contribution in [-0.2, 0) is 4.79 Å². The van der Waals surface area contributed by atoms with Crippen LogP contribution in [0, 0.1) is 0 Å². The highest BCUT2D eigenvalue weighted by atomic mass is 16.3. The van der Waals surface area contributed by atoms with Crippen LogP contribution in [0.3, 0.4) is 0 Å². The van der Waals surface area contributed by atoms with E-state index >= 15 is 0 Å². The Morgan fingerprint density at radius 1 is 1.41 bits per heavy atom. The van der Waals surface area contributed by atoms with E-state index in [4.69, 9.17) is 10.8 Å². The molecule has 0 heterocycles. The Balaban J connectivity index is 4.08. The molecule has 0 radical (unpaired) electrons. The fourth-order valence-electron chi connectivity index (χ4n) is 1.58. The molecule has 0 saturated carbocycles. The summed E-state index contributed by atoms with van der Waals surface area (Å²) < 4.78 is 0. The van der Waals surface area contributed by atoms with Crippen LogP contribution >= 0.6 is 0 Å². The van der Waals surface area contributed by atoms with E-state index in [1.54, 1.807) is 0 Å². The van der Waals surface area contributed by atoms with Crippen molar-refractivity contribution < 1.29 is 9.90 Å². The number of nitrogens with two attached hydrogens (primary N) is 1. The zero-order chi connectivity index (χ0) is 13.5. The summed E-state index contributed by atoms with van der Waals surface area (Å²) in [5, 5.41) is 15.0. The standard InChI is InChI=1S/C12H27N3O2/c1-9(5-6-16)14-10(8-13)7-11(17)15-12(2,3)4/h9-10,14,16H,5-8,13H2,1-4H3,(H,15,17). The molecule has 2 unspecified atom stereocenters. The minimum absolute atomic E-state index is 0.00310. The van der Waals surface area contributed by atoms with Gasteiger partial charge in [-0.05, 0) is 34.1 Å². The van der Waals surface area contributed by atoms with Crippen molar-refractivity contribution in [3.05, 3.63) is 0 Å². The molecule has 0 rings (SSSR count). The molecule has 0 aromatic carbocycles. The highest BCUT2D eigenvalue weighted by molar-refractivity contribution is 5.77. The molecule has 102 valence electrons. The molecule has 5 N–H and O–H groups in total. The van der Waals surface area contributed by atoms with E-state index in [0.29, 0.717) is 19.4 Å². The van der Waals surface area contributed by atoms with Crippen molar-refractivity contribution in [3.63, 3.8) is 0 Å². The third-order valence-corrected chi connectivity index (χ3v) is 2.31. The molecule has 2 atom stereocenters. The van der Waals surface area contributed by atoms with Crippen molar-refractivity contribution in [3.8, 4) is 0 Å². The fourth-order valence-corrected chi connectivity index (χ4v) is 1.58. The molecule has 0 aliphatic carbocycles. The van der Waals surface area contributed by atoms with Gasteiger partial charge in [-0.25, -0.2) is 0 Å². The second kappa shape index (κ2) is 7.63. The summed E-state index contributed by atoms with van der Waals surface area (Å²) in [6.07, 6.45) is 1.03. The van der Waals surface area contributed by atoms with Gasteiger partial charge in [-0.2, -0.15) is 0 Å². The summed E-state index contributed by atoms with van der Waals surface area (Å²) in [5.41, 5.74) is 5.41. The number of carbonyl (C=O) groups excluding carboxylic acids is 1. The fraction of sp³-hybridized carbons (Fsp3) is 0.917. The summed E-state index contributed by atoms with van der Waals surface area (Å²) in [5.74, 6) is -0.00310. The lowest BCUT2D eigenvalue weighted by atomic mass is 10.1. The molecular weight excluding hydrogens is 218 g/mol. The van der Waals surface area contributed by atoms with E-state index in [-0.39, 0.29) is 30.1 Å². The van der Waals surface area contributed by atoms with Gasteiger partial charge in [-0.15, -0.1) is 0 Å². The van der Waals surface area contributed by atoms with Crippen molar-refractivity contribution in [2.75, 3.05) is 13.2 Å². The Morgan fingerprint density at radius 2 is 2.00 bits per heavy atom. The lowest BCUT2D eigenvalue weighted by molar-refractivity contribution is -0.123.